The summed E-state index contributed by atoms with van der Waals surface area (Å²) in [6.07, 6.45) is 3.79. The number of hydrogen-bond acceptors (Lipinski definition) is 7. The Labute approximate surface area is 324 Å². The summed E-state index contributed by atoms with van der Waals surface area (Å²) in [6, 6.07) is 17.1. The standard InChI is InChI=1S/C42H43ClFN7O4/c1-26-18-41(22-51(26)32-7-8-35(45-2)34(43)17-32)11-13-48(14-12-41)31-5-3-27(4-6-31)39(54)49-24-42(44,25-49)23-47-19-28-15-30-21-50(36-9-10-37(52)46-38(36)53)40(55)33(30)16-29(28)20-47/h3-8,15-17,26,36H,9-14,18-25H2,1H3,(H,46,52,53)/t26-,36?/m0/s1. The minimum Gasteiger partial charge on any atom is -0.371 e. The molecule has 6 heterocycles. The van der Waals surface area contributed by atoms with Crippen LogP contribution in [-0.2, 0) is 29.2 Å². The van der Waals surface area contributed by atoms with Gasteiger partial charge in [0.05, 0.1) is 19.7 Å². The zero-order valence-electron chi connectivity index (χ0n) is 30.8. The number of nitrogens with zero attached hydrogens (tertiary/aromatic N) is 6. The number of amides is 4. The van der Waals surface area contributed by atoms with E-state index in [1.807, 2.05) is 59.5 Å². The van der Waals surface area contributed by atoms with E-state index in [4.69, 9.17) is 18.2 Å². The number of piperidine rings is 2. The summed E-state index contributed by atoms with van der Waals surface area (Å²) in [5.74, 6) is -1.12. The number of nitrogens with one attached hydrogen (secondary N) is 1. The van der Waals surface area contributed by atoms with Gasteiger partial charge in [0.15, 0.2) is 5.67 Å². The Hall–Kier alpha value is -4.99. The first-order valence-electron chi connectivity index (χ1n) is 19.2. The second kappa shape index (κ2) is 13.3. The highest BCUT2D eigenvalue weighted by atomic mass is 35.5. The molecule has 2 atom stereocenters. The number of carbonyl (C=O) groups is 4. The van der Waals surface area contributed by atoms with Crippen LogP contribution in [0.1, 0.15) is 76.4 Å². The molecule has 1 N–H and O–H groups in total. The number of anilines is 2. The summed E-state index contributed by atoms with van der Waals surface area (Å²) in [4.78, 5) is 64.1. The molecule has 284 valence electrons. The lowest BCUT2D eigenvalue weighted by atomic mass is 9.76. The van der Waals surface area contributed by atoms with Crippen LogP contribution in [-0.4, -0.2) is 95.3 Å². The Morgan fingerprint density at radius 3 is 2.33 bits per heavy atom. The van der Waals surface area contributed by atoms with Crippen LogP contribution in [0.25, 0.3) is 4.85 Å². The summed E-state index contributed by atoms with van der Waals surface area (Å²) >= 11 is 6.37. The molecule has 9 rings (SSSR count). The summed E-state index contributed by atoms with van der Waals surface area (Å²) in [6.45, 7) is 14.0. The quantitative estimate of drug-likeness (QED) is 0.254. The first-order valence-corrected chi connectivity index (χ1v) is 19.6. The SMILES string of the molecule is [C-]#[N+]c1ccc(N2CC3(CCN(c4ccc(C(=O)N5CC(F)(CN6Cc7cc8c(cc7C6)C(=O)N(C6CCC(=O)NC6=O)C8)C5)cc4)CC3)C[C@@H]2C)cc1Cl. The van der Waals surface area contributed by atoms with Crippen LogP contribution in [0.2, 0.25) is 5.02 Å². The molecule has 6 aliphatic rings. The Balaban J connectivity index is 0.756. The van der Waals surface area contributed by atoms with Gasteiger partial charge in [-0.25, -0.2) is 9.24 Å². The van der Waals surface area contributed by atoms with Crippen molar-refractivity contribution in [3.63, 3.8) is 0 Å². The first kappa shape index (κ1) is 35.7. The Bertz CT molecular complexity index is 2160. The van der Waals surface area contributed by atoms with Crippen molar-refractivity contribution in [2.75, 3.05) is 49.1 Å². The van der Waals surface area contributed by atoms with Gasteiger partial charge >= 0.3 is 0 Å². The number of carbonyl (C=O) groups excluding carboxylic acids is 4. The van der Waals surface area contributed by atoms with E-state index < -0.39 is 17.6 Å². The molecule has 3 aromatic carbocycles. The average molecular weight is 764 g/mol. The van der Waals surface area contributed by atoms with Crippen LogP contribution in [0.3, 0.4) is 0 Å². The van der Waals surface area contributed by atoms with E-state index in [1.54, 1.807) is 9.80 Å². The zero-order valence-corrected chi connectivity index (χ0v) is 31.6. The second-order valence-corrected chi connectivity index (χ2v) is 17.0. The number of imide groups is 1. The van der Waals surface area contributed by atoms with Crippen LogP contribution in [0.15, 0.2) is 54.6 Å². The molecule has 3 aromatic rings. The number of hydrogen-bond donors (Lipinski definition) is 1. The third-order valence-corrected chi connectivity index (χ3v) is 13.1. The highest BCUT2D eigenvalue weighted by molar-refractivity contribution is 6.33. The number of halogens is 2. The number of likely N-dealkylation sites (tertiary alicyclic amines) is 1. The van der Waals surface area contributed by atoms with Gasteiger partial charge in [-0.1, -0.05) is 23.7 Å². The fraction of sp³-hybridized carbons (Fsp3) is 0.452. The van der Waals surface area contributed by atoms with Crippen molar-refractivity contribution in [1.29, 1.82) is 0 Å². The molecule has 4 amide bonds. The lowest BCUT2D eigenvalue weighted by Gasteiger charge is -2.46. The molecule has 1 spiro atoms. The molecule has 1 unspecified atom stereocenters. The third kappa shape index (κ3) is 6.41. The molecule has 4 saturated heterocycles. The van der Waals surface area contributed by atoms with Crippen molar-refractivity contribution in [1.82, 2.24) is 20.0 Å². The average Bonchev–Trinajstić information content (AvgIpc) is 3.80. The van der Waals surface area contributed by atoms with E-state index >= 15 is 4.39 Å². The molecule has 13 heteroatoms. The van der Waals surface area contributed by atoms with Crippen molar-refractivity contribution in [2.24, 2.45) is 5.41 Å². The lowest BCUT2D eigenvalue weighted by molar-refractivity contribution is -0.136. The number of fused-ring (bicyclic) bond motifs is 2. The van der Waals surface area contributed by atoms with E-state index in [9.17, 15) is 19.2 Å². The Morgan fingerprint density at radius 2 is 1.64 bits per heavy atom. The van der Waals surface area contributed by atoms with Crippen LogP contribution >= 0.6 is 11.6 Å². The van der Waals surface area contributed by atoms with Gasteiger partial charge in [0.25, 0.3) is 11.8 Å². The van der Waals surface area contributed by atoms with Crippen molar-refractivity contribution >= 4 is 52.3 Å². The number of benzene rings is 3. The van der Waals surface area contributed by atoms with Gasteiger partial charge < -0.3 is 19.6 Å². The normalized spacial score (nSPS) is 24.1. The maximum atomic E-state index is 16.0. The lowest BCUT2D eigenvalue weighted by Crippen LogP contribution is -2.64. The fourth-order valence-corrected chi connectivity index (χ4v) is 10.2. The van der Waals surface area contributed by atoms with Gasteiger partial charge in [0.2, 0.25) is 17.5 Å². The molecule has 0 aromatic heterocycles. The monoisotopic (exact) mass is 763 g/mol. The largest absolute Gasteiger partial charge is 0.371 e. The second-order valence-electron chi connectivity index (χ2n) is 16.6. The van der Waals surface area contributed by atoms with Crippen molar-refractivity contribution in [3.8, 4) is 0 Å². The molecule has 0 radical (unpaired) electrons. The van der Waals surface area contributed by atoms with Gasteiger partial charge in [0, 0.05) is 85.8 Å². The van der Waals surface area contributed by atoms with Crippen molar-refractivity contribution in [2.45, 2.75) is 76.4 Å². The summed E-state index contributed by atoms with van der Waals surface area (Å²) in [5.41, 5.74) is 5.36. The summed E-state index contributed by atoms with van der Waals surface area (Å²) in [7, 11) is 0. The Morgan fingerprint density at radius 1 is 0.927 bits per heavy atom. The predicted octanol–water partition coefficient (Wildman–Crippen LogP) is 5.72. The highest BCUT2D eigenvalue weighted by Crippen LogP contribution is 2.46. The molecule has 6 aliphatic heterocycles. The summed E-state index contributed by atoms with van der Waals surface area (Å²) in [5, 5.41) is 2.84. The van der Waals surface area contributed by atoms with Gasteiger partial charge in [-0.3, -0.25) is 29.4 Å². The Kier molecular flexibility index (Phi) is 8.66. The van der Waals surface area contributed by atoms with Crippen LogP contribution in [0, 0.1) is 12.0 Å². The summed E-state index contributed by atoms with van der Waals surface area (Å²) < 4.78 is 16.0. The van der Waals surface area contributed by atoms with E-state index in [-0.39, 0.29) is 49.2 Å². The topological polar surface area (TPSA) is 101 Å². The predicted molar refractivity (Wildman–Crippen MR) is 206 cm³/mol. The fourth-order valence-electron chi connectivity index (χ4n) is 9.97. The first-order chi connectivity index (χ1) is 26.4. The van der Waals surface area contributed by atoms with E-state index in [0.29, 0.717) is 53.9 Å². The maximum Gasteiger partial charge on any atom is 0.255 e. The van der Waals surface area contributed by atoms with Gasteiger partial charge in [-0.05, 0) is 97.2 Å². The van der Waals surface area contributed by atoms with Gasteiger partial charge in [0.1, 0.15) is 6.04 Å². The molecule has 55 heavy (non-hydrogen) atoms. The molecule has 0 saturated carbocycles. The van der Waals surface area contributed by atoms with Crippen LogP contribution < -0.4 is 15.1 Å². The van der Waals surface area contributed by atoms with E-state index in [1.165, 1.54) is 0 Å². The molecule has 0 bridgehead atoms. The zero-order chi connectivity index (χ0) is 38.2. The highest BCUT2D eigenvalue weighted by Gasteiger charge is 2.48. The van der Waals surface area contributed by atoms with Crippen LogP contribution in [0.5, 0.6) is 0 Å². The molecule has 0 aliphatic carbocycles. The van der Waals surface area contributed by atoms with E-state index in [0.717, 1.165) is 67.0 Å². The van der Waals surface area contributed by atoms with Crippen LogP contribution in [0.4, 0.5) is 21.5 Å². The smallest absolute Gasteiger partial charge is 0.255 e. The van der Waals surface area contributed by atoms with Crippen molar-refractivity contribution in [3.05, 3.63) is 98.9 Å². The maximum absolute atomic E-state index is 16.0. The molecule has 11 nitrogen and oxygen atoms in total. The molecular formula is C42H43ClFN7O4. The van der Waals surface area contributed by atoms with Gasteiger partial charge in [-0.2, -0.15) is 0 Å². The number of rotatable bonds is 6. The molecule has 4 fully saturated rings. The van der Waals surface area contributed by atoms with Gasteiger partial charge in [-0.15, -0.1) is 0 Å². The third-order valence-electron chi connectivity index (χ3n) is 12.8. The minimum atomic E-state index is -1.51. The molecular weight excluding hydrogens is 721 g/mol. The minimum absolute atomic E-state index is 0.0376. The van der Waals surface area contributed by atoms with E-state index in [2.05, 4.69) is 26.9 Å². The van der Waals surface area contributed by atoms with Crippen molar-refractivity contribution < 1.29 is 23.6 Å². The number of alkyl halides is 1.